The maximum atomic E-state index is 11.2. The quantitative estimate of drug-likeness (QED) is 0.721. The molecule has 0 aromatic heterocycles. The summed E-state index contributed by atoms with van der Waals surface area (Å²) in [5, 5.41) is 12.5. The number of benzene rings is 1. The number of hydrogen-bond acceptors (Lipinski definition) is 4. The Morgan fingerprint density at radius 3 is 2.38 bits per heavy atom. The number of ether oxygens (including phenoxy) is 1. The molecule has 0 heterocycles. The SMILES string of the molecule is COc1ccc(NC(=O)C=CC(=O)[O-])cc1. The summed E-state index contributed by atoms with van der Waals surface area (Å²) in [5.41, 5.74) is 0.550. The van der Waals surface area contributed by atoms with E-state index in [4.69, 9.17) is 4.74 Å². The molecule has 0 bridgehead atoms. The summed E-state index contributed by atoms with van der Waals surface area (Å²) in [6.45, 7) is 0. The van der Waals surface area contributed by atoms with Gasteiger partial charge in [0.05, 0.1) is 13.1 Å². The van der Waals surface area contributed by atoms with Crippen LogP contribution in [-0.2, 0) is 9.59 Å². The Bertz CT molecular complexity index is 408. The van der Waals surface area contributed by atoms with Gasteiger partial charge in [-0.2, -0.15) is 0 Å². The van der Waals surface area contributed by atoms with Gasteiger partial charge < -0.3 is 20.0 Å². The molecular formula is C11H10NO4-. The second-order valence-corrected chi connectivity index (χ2v) is 2.87. The topological polar surface area (TPSA) is 78.5 Å². The third-order valence-electron chi connectivity index (χ3n) is 1.73. The first-order valence-electron chi connectivity index (χ1n) is 4.46. The highest BCUT2D eigenvalue weighted by Gasteiger charge is 1.97. The standard InChI is InChI=1S/C11H11NO4/c1-16-9-4-2-8(3-5-9)12-10(13)6-7-11(14)15/h2-7H,1H3,(H,12,13)(H,14,15)/p-1. The lowest BCUT2D eigenvalue weighted by Gasteiger charge is -2.03. The van der Waals surface area contributed by atoms with Crippen LogP contribution in [0.5, 0.6) is 5.75 Å². The van der Waals surface area contributed by atoms with Crippen molar-refractivity contribution in [2.45, 2.75) is 0 Å². The molecule has 0 saturated carbocycles. The van der Waals surface area contributed by atoms with Crippen LogP contribution in [0.25, 0.3) is 0 Å². The van der Waals surface area contributed by atoms with Crippen LogP contribution in [-0.4, -0.2) is 19.0 Å². The maximum absolute atomic E-state index is 11.2. The number of carbonyl (C=O) groups is 2. The summed E-state index contributed by atoms with van der Waals surface area (Å²) >= 11 is 0. The lowest BCUT2D eigenvalue weighted by Crippen LogP contribution is -2.20. The van der Waals surface area contributed by atoms with Crippen LogP contribution in [0.1, 0.15) is 0 Å². The first kappa shape index (κ1) is 11.8. The number of aliphatic carboxylic acids is 1. The highest BCUT2D eigenvalue weighted by atomic mass is 16.5. The molecule has 0 radical (unpaired) electrons. The number of carboxylic acid groups (broad SMARTS) is 1. The lowest BCUT2D eigenvalue weighted by molar-refractivity contribution is -0.297. The first-order valence-corrected chi connectivity index (χ1v) is 4.46. The number of carbonyl (C=O) groups excluding carboxylic acids is 2. The molecule has 0 fully saturated rings. The molecule has 0 spiro atoms. The van der Waals surface area contributed by atoms with Crippen LogP contribution < -0.4 is 15.2 Å². The smallest absolute Gasteiger partial charge is 0.248 e. The third-order valence-corrected chi connectivity index (χ3v) is 1.73. The Kier molecular flexibility index (Phi) is 4.08. The zero-order chi connectivity index (χ0) is 12.0. The Morgan fingerprint density at radius 1 is 1.25 bits per heavy atom. The van der Waals surface area contributed by atoms with Crippen LogP contribution in [0.4, 0.5) is 5.69 Å². The third kappa shape index (κ3) is 3.83. The van der Waals surface area contributed by atoms with Gasteiger partial charge in [0, 0.05) is 11.8 Å². The molecule has 1 N–H and O–H groups in total. The summed E-state index contributed by atoms with van der Waals surface area (Å²) in [5.74, 6) is -1.28. The number of nitrogens with one attached hydrogen (secondary N) is 1. The van der Waals surface area contributed by atoms with Crippen molar-refractivity contribution in [3.63, 3.8) is 0 Å². The molecule has 0 aliphatic rings. The van der Waals surface area contributed by atoms with Crippen molar-refractivity contribution < 1.29 is 19.4 Å². The van der Waals surface area contributed by atoms with E-state index in [1.165, 1.54) is 7.11 Å². The van der Waals surface area contributed by atoms with Crippen molar-refractivity contribution in [1.82, 2.24) is 0 Å². The Balaban J connectivity index is 2.59. The van der Waals surface area contributed by atoms with Gasteiger partial charge in [0.2, 0.25) is 5.91 Å². The molecule has 0 unspecified atom stereocenters. The molecule has 1 aromatic carbocycles. The number of methoxy groups -OCH3 is 1. The summed E-state index contributed by atoms with van der Waals surface area (Å²) < 4.78 is 4.94. The summed E-state index contributed by atoms with van der Waals surface area (Å²) in [6, 6.07) is 6.64. The Hall–Kier alpha value is -2.30. The largest absolute Gasteiger partial charge is 0.545 e. The van der Waals surface area contributed by atoms with Gasteiger partial charge >= 0.3 is 0 Å². The minimum absolute atomic E-state index is 0.533. The highest BCUT2D eigenvalue weighted by molar-refractivity contribution is 6.02. The Morgan fingerprint density at radius 2 is 1.88 bits per heavy atom. The van der Waals surface area contributed by atoms with Crippen molar-refractivity contribution in [3.8, 4) is 5.75 Å². The molecular weight excluding hydrogens is 210 g/mol. The van der Waals surface area contributed by atoms with E-state index in [9.17, 15) is 14.7 Å². The van der Waals surface area contributed by atoms with Gasteiger partial charge in [0.1, 0.15) is 5.75 Å². The van der Waals surface area contributed by atoms with E-state index in [-0.39, 0.29) is 0 Å². The highest BCUT2D eigenvalue weighted by Crippen LogP contribution is 2.14. The number of hydrogen-bond donors (Lipinski definition) is 1. The molecule has 0 saturated heterocycles. The minimum Gasteiger partial charge on any atom is -0.545 e. The molecule has 1 aromatic rings. The van der Waals surface area contributed by atoms with E-state index in [2.05, 4.69) is 5.32 Å². The van der Waals surface area contributed by atoms with Crippen molar-refractivity contribution in [3.05, 3.63) is 36.4 Å². The maximum Gasteiger partial charge on any atom is 0.248 e. The zero-order valence-corrected chi connectivity index (χ0v) is 8.60. The predicted molar refractivity (Wildman–Crippen MR) is 55.8 cm³/mol. The van der Waals surface area contributed by atoms with E-state index in [1.54, 1.807) is 24.3 Å². The molecule has 0 aliphatic carbocycles. The minimum atomic E-state index is -1.41. The van der Waals surface area contributed by atoms with Crippen molar-refractivity contribution in [1.29, 1.82) is 0 Å². The van der Waals surface area contributed by atoms with Gasteiger partial charge in [-0.1, -0.05) is 0 Å². The van der Waals surface area contributed by atoms with Crippen LogP contribution in [0, 0.1) is 0 Å². The van der Waals surface area contributed by atoms with Crippen molar-refractivity contribution >= 4 is 17.6 Å². The molecule has 5 nitrogen and oxygen atoms in total. The van der Waals surface area contributed by atoms with Crippen molar-refractivity contribution in [2.75, 3.05) is 12.4 Å². The van der Waals surface area contributed by atoms with Gasteiger partial charge in [-0.15, -0.1) is 0 Å². The molecule has 0 atom stereocenters. The zero-order valence-electron chi connectivity index (χ0n) is 8.60. The van der Waals surface area contributed by atoms with E-state index < -0.39 is 11.9 Å². The second-order valence-electron chi connectivity index (χ2n) is 2.87. The van der Waals surface area contributed by atoms with Gasteiger partial charge in [-0.3, -0.25) is 4.79 Å². The number of amides is 1. The van der Waals surface area contributed by atoms with E-state index in [0.29, 0.717) is 17.5 Å². The van der Waals surface area contributed by atoms with E-state index >= 15 is 0 Å². The molecule has 1 amide bonds. The average Bonchev–Trinajstić information content (AvgIpc) is 2.27. The monoisotopic (exact) mass is 220 g/mol. The van der Waals surface area contributed by atoms with Crippen molar-refractivity contribution in [2.24, 2.45) is 0 Å². The van der Waals surface area contributed by atoms with Crippen LogP contribution in [0.15, 0.2) is 36.4 Å². The van der Waals surface area contributed by atoms with Crippen LogP contribution >= 0.6 is 0 Å². The first-order chi connectivity index (χ1) is 7.61. The van der Waals surface area contributed by atoms with Gasteiger partial charge in [0.15, 0.2) is 0 Å². The number of rotatable bonds is 4. The van der Waals surface area contributed by atoms with Crippen LogP contribution in [0.2, 0.25) is 0 Å². The van der Waals surface area contributed by atoms with Gasteiger partial charge in [-0.05, 0) is 30.3 Å². The lowest BCUT2D eigenvalue weighted by atomic mass is 10.3. The summed E-state index contributed by atoms with van der Waals surface area (Å²) in [4.78, 5) is 21.2. The fraction of sp³-hybridized carbons (Fsp3) is 0.0909. The fourth-order valence-electron chi connectivity index (χ4n) is 1.00. The summed E-state index contributed by atoms with van der Waals surface area (Å²) in [6.07, 6.45) is 1.55. The molecule has 16 heavy (non-hydrogen) atoms. The van der Waals surface area contributed by atoms with Gasteiger partial charge in [0.25, 0.3) is 0 Å². The van der Waals surface area contributed by atoms with E-state index in [0.717, 1.165) is 6.08 Å². The number of carboxylic acids is 1. The molecule has 1 rings (SSSR count). The normalized spacial score (nSPS) is 10.1. The summed E-state index contributed by atoms with van der Waals surface area (Å²) in [7, 11) is 1.54. The predicted octanol–water partition coefficient (Wildman–Crippen LogP) is -0.0602. The molecule has 84 valence electrons. The Labute approximate surface area is 92.3 Å². The van der Waals surface area contributed by atoms with E-state index in [1.807, 2.05) is 0 Å². The molecule has 5 heteroatoms. The van der Waals surface area contributed by atoms with Crippen LogP contribution in [0.3, 0.4) is 0 Å². The fourth-order valence-corrected chi connectivity index (χ4v) is 1.00. The second kappa shape index (κ2) is 5.55. The van der Waals surface area contributed by atoms with Gasteiger partial charge in [-0.25, -0.2) is 0 Å². The number of anilines is 1. The molecule has 0 aliphatic heterocycles. The average molecular weight is 220 g/mol.